The standard InChI is InChI=1S/C14H21N3O/c1-4-17-13(15)16-10-14(17,3)11-6-8-12(9-7-11)18-5-2/h6-9H,4-5,10H2,1-3H3,(H2,15,16). The van der Waals surface area contributed by atoms with Gasteiger partial charge in [0, 0.05) is 6.54 Å². The van der Waals surface area contributed by atoms with Crippen molar-refractivity contribution in [1.82, 2.24) is 4.90 Å². The molecule has 1 unspecified atom stereocenters. The maximum atomic E-state index is 5.93. The second-order valence-corrected chi connectivity index (χ2v) is 4.65. The fraction of sp³-hybridized carbons (Fsp3) is 0.500. The summed E-state index contributed by atoms with van der Waals surface area (Å²) in [5.41, 5.74) is 7.02. The molecule has 2 rings (SSSR count). The summed E-state index contributed by atoms with van der Waals surface area (Å²) in [6.07, 6.45) is 0. The van der Waals surface area contributed by atoms with Gasteiger partial charge in [-0.05, 0) is 38.5 Å². The Kier molecular flexibility index (Phi) is 3.45. The molecule has 1 heterocycles. The number of rotatable bonds is 4. The molecule has 0 bridgehead atoms. The third-order valence-electron chi connectivity index (χ3n) is 3.52. The summed E-state index contributed by atoms with van der Waals surface area (Å²) >= 11 is 0. The normalized spacial score (nSPS) is 23.1. The Bertz CT molecular complexity index is 441. The summed E-state index contributed by atoms with van der Waals surface area (Å²) in [7, 11) is 0. The molecule has 0 aromatic heterocycles. The number of aliphatic imine (C=N–C) groups is 1. The topological polar surface area (TPSA) is 50.9 Å². The third kappa shape index (κ3) is 2.03. The molecular weight excluding hydrogens is 226 g/mol. The Hall–Kier alpha value is -1.71. The highest BCUT2D eigenvalue weighted by Crippen LogP contribution is 2.33. The number of nitrogens with zero attached hydrogens (tertiary/aromatic N) is 2. The van der Waals surface area contributed by atoms with E-state index in [9.17, 15) is 0 Å². The molecular formula is C14H21N3O. The predicted octanol–water partition coefficient (Wildman–Crippen LogP) is 1.95. The quantitative estimate of drug-likeness (QED) is 0.884. The van der Waals surface area contributed by atoms with Gasteiger partial charge < -0.3 is 15.4 Å². The van der Waals surface area contributed by atoms with Crippen molar-refractivity contribution >= 4 is 5.96 Å². The number of nitrogens with two attached hydrogens (primary N) is 1. The molecule has 4 nitrogen and oxygen atoms in total. The van der Waals surface area contributed by atoms with Crippen molar-refractivity contribution in [1.29, 1.82) is 0 Å². The lowest BCUT2D eigenvalue weighted by atomic mass is 9.91. The van der Waals surface area contributed by atoms with Crippen LogP contribution >= 0.6 is 0 Å². The molecule has 1 atom stereocenters. The fourth-order valence-corrected chi connectivity index (χ4v) is 2.49. The number of ether oxygens (including phenoxy) is 1. The van der Waals surface area contributed by atoms with E-state index in [0.717, 1.165) is 12.3 Å². The highest BCUT2D eigenvalue weighted by atomic mass is 16.5. The van der Waals surface area contributed by atoms with Crippen LogP contribution in [0.3, 0.4) is 0 Å². The van der Waals surface area contributed by atoms with E-state index in [0.29, 0.717) is 19.1 Å². The van der Waals surface area contributed by atoms with Gasteiger partial charge in [-0.3, -0.25) is 4.99 Å². The Balaban J connectivity index is 2.25. The van der Waals surface area contributed by atoms with Crippen LogP contribution in [0.4, 0.5) is 0 Å². The van der Waals surface area contributed by atoms with Gasteiger partial charge in [-0.15, -0.1) is 0 Å². The molecule has 98 valence electrons. The highest BCUT2D eigenvalue weighted by Gasteiger charge is 2.38. The van der Waals surface area contributed by atoms with Crippen LogP contribution in [0.1, 0.15) is 26.3 Å². The van der Waals surface area contributed by atoms with E-state index in [1.807, 2.05) is 19.1 Å². The summed E-state index contributed by atoms with van der Waals surface area (Å²) < 4.78 is 5.46. The maximum absolute atomic E-state index is 5.93. The van der Waals surface area contributed by atoms with Gasteiger partial charge in [-0.2, -0.15) is 0 Å². The minimum Gasteiger partial charge on any atom is -0.494 e. The monoisotopic (exact) mass is 247 g/mol. The first-order chi connectivity index (χ1) is 8.61. The third-order valence-corrected chi connectivity index (χ3v) is 3.52. The largest absolute Gasteiger partial charge is 0.494 e. The smallest absolute Gasteiger partial charge is 0.192 e. The molecule has 2 N–H and O–H groups in total. The maximum Gasteiger partial charge on any atom is 0.192 e. The van der Waals surface area contributed by atoms with Gasteiger partial charge in [0.2, 0.25) is 0 Å². The Morgan fingerprint density at radius 2 is 2.00 bits per heavy atom. The van der Waals surface area contributed by atoms with Crippen LogP contribution in [-0.4, -0.2) is 30.6 Å². The van der Waals surface area contributed by atoms with E-state index in [1.165, 1.54) is 5.56 Å². The van der Waals surface area contributed by atoms with Crippen molar-refractivity contribution in [2.75, 3.05) is 19.7 Å². The lowest BCUT2D eigenvalue weighted by Gasteiger charge is -2.36. The second kappa shape index (κ2) is 4.88. The van der Waals surface area contributed by atoms with Gasteiger partial charge in [0.05, 0.1) is 18.7 Å². The zero-order valence-corrected chi connectivity index (χ0v) is 11.3. The minimum absolute atomic E-state index is 0.135. The first-order valence-corrected chi connectivity index (χ1v) is 6.42. The van der Waals surface area contributed by atoms with Crippen LogP contribution in [0.25, 0.3) is 0 Å². The first-order valence-electron chi connectivity index (χ1n) is 6.42. The van der Waals surface area contributed by atoms with Gasteiger partial charge in [0.15, 0.2) is 5.96 Å². The fourth-order valence-electron chi connectivity index (χ4n) is 2.49. The van der Waals surface area contributed by atoms with Crippen molar-refractivity contribution < 1.29 is 4.74 Å². The van der Waals surface area contributed by atoms with E-state index < -0.39 is 0 Å². The van der Waals surface area contributed by atoms with Gasteiger partial charge in [-0.25, -0.2) is 0 Å². The molecule has 1 aliphatic rings. The van der Waals surface area contributed by atoms with Gasteiger partial charge in [0.1, 0.15) is 5.75 Å². The van der Waals surface area contributed by atoms with Gasteiger partial charge >= 0.3 is 0 Å². The second-order valence-electron chi connectivity index (χ2n) is 4.65. The van der Waals surface area contributed by atoms with Crippen LogP contribution in [0, 0.1) is 0 Å². The van der Waals surface area contributed by atoms with Gasteiger partial charge in [-0.1, -0.05) is 12.1 Å². The molecule has 0 amide bonds. The summed E-state index contributed by atoms with van der Waals surface area (Å²) in [5.74, 6) is 1.54. The Labute approximate surface area is 108 Å². The summed E-state index contributed by atoms with van der Waals surface area (Å²) in [4.78, 5) is 6.51. The first kappa shape index (κ1) is 12.7. The number of guanidine groups is 1. The number of hydrogen-bond acceptors (Lipinski definition) is 4. The molecule has 1 aliphatic heterocycles. The van der Waals surface area contributed by atoms with Crippen LogP contribution in [0.15, 0.2) is 29.3 Å². The van der Waals surface area contributed by atoms with Gasteiger partial charge in [0.25, 0.3) is 0 Å². The van der Waals surface area contributed by atoms with E-state index >= 15 is 0 Å². The molecule has 4 heteroatoms. The van der Waals surface area contributed by atoms with E-state index in [4.69, 9.17) is 10.5 Å². The lowest BCUT2D eigenvalue weighted by molar-refractivity contribution is 0.234. The summed E-state index contributed by atoms with van der Waals surface area (Å²) in [5, 5.41) is 0. The summed E-state index contributed by atoms with van der Waals surface area (Å²) in [6.45, 7) is 8.52. The van der Waals surface area contributed by atoms with Crippen molar-refractivity contribution in [2.45, 2.75) is 26.3 Å². The van der Waals surface area contributed by atoms with Crippen LogP contribution in [0.2, 0.25) is 0 Å². The average molecular weight is 247 g/mol. The molecule has 0 spiro atoms. The lowest BCUT2D eigenvalue weighted by Crippen LogP contribution is -2.47. The van der Waals surface area contributed by atoms with Crippen molar-refractivity contribution in [3.05, 3.63) is 29.8 Å². The number of hydrogen-bond donors (Lipinski definition) is 1. The molecule has 0 radical (unpaired) electrons. The highest BCUT2D eigenvalue weighted by molar-refractivity contribution is 5.81. The zero-order chi connectivity index (χ0) is 13.2. The Morgan fingerprint density at radius 3 is 2.56 bits per heavy atom. The zero-order valence-electron chi connectivity index (χ0n) is 11.3. The van der Waals surface area contributed by atoms with E-state index in [2.05, 4.69) is 35.9 Å². The van der Waals surface area contributed by atoms with Crippen molar-refractivity contribution in [2.24, 2.45) is 10.7 Å². The average Bonchev–Trinajstić information content (AvgIpc) is 2.67. The SMILES string of the molecule is CCOc1ccc(C2(C)CN=C(N)N2CC)cc1. The number of likely N-dealkylation sites (N-methyl/N-ethyl adjacent to an activating group) is 1. The molecule has 0 saturated carbocycles. The molecule has 0 saturated heterocycles. The van der Waals surface area contributed by atoms with Crippen molar-refractivity contribution in [3.63, 3.8) is 0 Å². The Morgan fingerprint density at radius 1 is 1.33 bits per heavy atom. The van der Waals surface area contributed by atoms with Crippen LogP contribution in [0.5, 0.6) is 5.75 Å². The molecule has 1 aromatic carbocycles. The van der Waals surface area contributed by atoms with Crippen LogP contribution in [-0.2, 0) is 5.54 Å². The number of benzene rings is 1. The van der Waals surface area contributed by atoms with Crippen LogP contribution < -0.4 is 10.5 Å². The van der Waals surface area contributed by atoms with E-state index in [-0.39, 0.29) is 5.54 Å². The summed E-state index contributed by atoms with van der Waals surface area (Å²) in [6, 6.07) is 8.21. The molecule has 0 aliphatic carbocycles. The molecule has 0 fully saturated rings. The minimum atomic E-state index is -0.135. The predicted molar refractivity (Wildman–Crippen MR) is 73.8 cm³/mol. The van der Waals surface area contributed by atoms with E-state index in [1.54, 1.807) is 0 Å². The van der Waals surface area contributed by atoms with Crippen molar-refractivity contribution in [3.8, 4) is 5.75 Å². The molecule has 1 aromatic rings. The molecule has 18 heavy (non-hydrogen) atoms.